The normalized spacial score (nSPS) is 18.8. The van der Waals surface area contributed by atoms with Crippen molar-refractivity contribution in [3.05, 3.63) is 58.9 Å². The number of fused-ring (bicyclic) bond motifs is 1. The zero-order chi connectivity index (χ0) is 22.7. The summed E-state index contributed by atoms with van der Waals surface area (Å²) in [4.78, 5) is 15.3. The minimum absolute atomic E-state index is 0.00255. The number of hydrogen-bond acceptors (Lipinski definition) is 8. The molecule has 3 aromatic rings. The number of hydrogen-bond donors (Lipinski definition) is 1. The average Bonchev–Trinajstić information content (AvgIpc) is 3.25. The predicted molar refractivity (Wildman–Crippen MR) is 117 cm³/mol. The van der Waals surface area contributed by atoms with Gasteiger partial charge in [-0.15, -0.1) is 0 Å². The highest BCUT2D eigenvalue weighted by atomic mass is 32.2. The summed E-state index contributed by atoms with van der Waals surface area (Å²) >= 11 is 0. The van der Waals surface area contributed by atoms with E-state index in [1.807, 2.05) is 6.07 Å². The maximum absolute atomic E-state index is 13.1. The summed E-state index contributed by atoms with van der Waals surface area (Å²) in [6.45, 7) is 0.0443. The Labute approximate surface area is 184 Å². The van der Waals surface area contributed by atoms with Gasteiger partial charge in [0.15, 0.2) is 5.65 Å². The number of nitriles is 1. The fraction of sp³-hybridized carbons (Fsp3) is 0.333. The molecule has 11 heteroatoms. The lowest BCUT2D eigenvalue weighted by molar-refractivity contribution is -0.384. The molecule has 1 saturated carbocycles. The summed E-state index contributed by atoms with van der Waals surface area (Å²) in [5.41, 5.74) is 0.159. The maximum Gasteiger partial charge on any atom is 0.311 e. The van der Waals surface area contributed by atoms with Gasteiger partial charge in [0.05, 0.1) is 27.4 Å². The third-order valence-corrected chi connectivity index (χ3v) is 7.24. The van der Waals surface area contributed by atoms with Crippen LogP contribution in [-0.4, -0.2) is 41.1 Å². The van der Waals surface area contributed by atoms with Crippen molar-refractivity contribution >= 4 is 32.4 Å². The molecule has 0 spiro atoms. The van der Waals surface area contributed by atoms with Crippen molar-refractivity contribution in [2.45, 2.75) is 42.7 Å². The summed E-state index contributed by atoms with van der Waals surface area (Å²) in [7, 11) is -3.91. The van der Waals surface area contributed by atoms with E-state index in [0.717, 1.165) is 23.0 Å². The van der Waals surface area contributed by atoms with Crippen LogP contribution in [0.1, 0.15) is 25.7 Å². The molecule has 1 fully saturated rings. The highest BCUT2D eigenvalue weighted by Gasteiger charge is 2.28. The first kappa shape index (κ1) is 21.7. The van der Waals surface area contributed by atoms with Gasteiger partial charge < -0.3 is 10.1 Å². The number of aromatic nitrogens is 2. The highest BCUT2D eigenvalue weighted by Crippen LogP contribution is 2.36. The molecule has 1 aromatic carbocycles. The van der Waals surface area contributed by atoms with Crippen LogP contribution in [0.5, 0.6) is 0 Å². The zero-order valence-electron chi connectivity index (χ0n) is 17.0. The Morgan fingerprint density at radius 3 is 2.59 bits per heavy atom. The molecule has 0 radical (unpaired) electrons. The van der Waals surface area contributed by atoms with Gasteiger partial charge in [-0.3, -0.25) is 10.1 Å². The second kappa shape index (κ2) is 8.94. The van der Waals surface area contributed by atoms with Crippen molar-refractivity contribution in [2.75, 3.05) is 11.9 Å². The Balaban J connectivity index is 1.67. The lowest BCUT2D eigenvalue weighted by Crippen LogP contribution is -2.30. The van der Waals surface area contributed by atoms with Gasteiger partial charge in [0, 0.05) is 12.2 Å². The van der Waals surface area contributed by atoms with Gasteiger partial charge in [0.25, 0.3) is 10.0 Å². The molecule has 0 amide bonds. The van der Waals surface area contributed by atoms with E-state index < -0.39 is 14.9 Å². The Morgan fingerprint density at radius 1 is 1.22 bits per heavy atom. The minimum Gasteiger partial charge on any atom is -0.376 e. The van der Waals surface area contributed by atoms with Crippen molar-refractivity contribution in [3.8, 4) is 6.07 Å². The SMILES string of the molecule is N#CCOC1CCC(Nc2c([N+](=O)[O-])cnc3c2ccn3S(=O)(=O)c2ccccc2)CC1. The number of nitrogens with zero attached hydrogens (tertiary/aromatic N) is 4. The monoisotopic (exact) mass is 455 g/mol. The average molecular weight is 455 g/mol. The second-order valence-electron chi connectivity index (χ2n) is 7.53. The molecular formula is C21H21N5O5S. The van der Waals surface area contributed by atoms with Gasteiger partial charge in [-0.25, -0.2) is 17.4 Å². The maximum atomic E-state index is 13.1. The second-order valence-corrected chi connectivity index (χ2v) is 9.34. The third-order valence-electron chi connectivity index (χ3n) is 5.56. The van der Waals surface area contributed by atoms with Crippen molar-refractivity contribution in [3.63, 3.8) is 0 Å². The first-order valence-corrected chi connectivity index (χ1v) is 11.6. The van der Waals surface area contributed by atoms with Crippen LogP contribution in [0.3, 0.4) is 0 Å². The Kier molecular flexibility index (Phi) is 6.07. The number of ether oxygens (including phenoxy) is 1. The third kappa shape index (κ3) is 4.15. The van der Waals surface area contributed by atoms with Gasteiger partial charge in [-0.05, 0) is 43.9 Å². The lowest BCUT2D eigenvalue weighted by Gasteiger charge is -2.29. The highest BCUT2D eigenvalue weighted by molar-refractivity contribution is 7.90. The van der Waals surface area contributed by atoms with Gasteiger partial charge in [0.2, 0.25) is 0 Å². The largest absolute Gasteiger partial charge is 0.376 e. The smallest absolute Gasteiger partial charge is 0.311 e. The Morgan fingerprint density at radius 2 is 1.94 bits per heavy atom. The quantitative estimate of drug-likeness (QED) is 0.422. The van der Waals surface area contributed by atoms with Crippen LogP contribution in [-0.2, 0) is 14.8 Å². The topological polar surface area (TPSA) is 140 Å². The van der Waals surface area contributed by atoms with E-state index in [4.69, 9.17) is 10.00 Å². The van der Waals surface area contributed by atoms with Gasteiger partial charge in [-0.2, -0.15) is 5.26 Å². The number of nitrogens with one attached hydrogen (secondary N) is 1. The van der Waals surface area contributed by atoms with E-state index in [9.17, 15) is 18.5 Å². The fourth-order valence-corrected chi connectivity index (χ4v) is 5.30. The molecule has 10 nitrogen and oxygen atoms in total. The number of benzene rings is 1. The minimum atomic E-state index is -3.91. The first-order chi connectivity index (χ1) is 15.4. The van der Waals surface area contributed by atoms with Crippen LogP contribution in [0.4, 0.5) is 11.4 Å². The molecule has 32 heavy (non-hydrogen) atoms. The molecular weight excluding hydrogens is 434 g/mol. The van der Waals surface area contributed by atoms with Crippen molar-refractivity contribution in [2.24, 2.45) is 0 Å². The summed E-state index contributed by atoms with van der Waals surface area (Å²) in [6.07, 6.45) is 5.32. The standard InChI is InChI=1S/C21H21N5O5S/c22-11-13-31-16-8-6-15(7-9-16)24-20-18-10-12-25(21(18)23-14-19(20)26(27)28)32(29,30)17-4-2-1-3-5-17/h1-5,10,12,14-16H,6-9,13H2,(H,23,24). The molecule has 0 unspecified atom stereocenters. The molecule has 0 atom stereocenters. The summed E-state index contributed by atoms with van der Waals surface area (Å²) in [5.74, 6) is 0. The molecule has 0 saturated heterocycles. The van der Waals surface area contributed by atoms with Crippen LogP contribution in [0.25, 0.3) is 11.0 Å². The lowest BCUT2D eigenvalue weighted by atomic mass is 9.92. The molecule has 2 aromatic heterocycles. The van der Waals surface area contributed by atoms with E-state index in [2.05, 4.69) is 10.3 Å². The molecule has 1 aliphatic carbocycles. The number of anilines is 1. The molecule has 1 N–H and O–H groups in total. The summed E-state index contributed by atoms with van der Waals surface area (Å²) < 4.78 is 32.7. The van der Waals surface area contributed by atoms with Crippen LogP contribution < -0.4 is 5.32 Å². The van der Waals surface area contributed by atoms with Gasteiger partial charge in [0.1, 0.15) is 18.5 Å². The Bertz CT molecular complexity index is 1280. The molecule has 2 heterocycles. The van der Waals surface area contributed by atoms with E-state index in [0.29, 0.717) is 18.2 Å². The summed E-state index contributed by atoms with van der Waals surface area (Å²) in [5, 5.41) is 23.9. The number of nitro groups is 1. The first-order valence-electron chi connectivity index (χ1n) is 10.1. The number of rotatable bonds is 7. The van der Waals surface area contributed by atoms with Crippen LogP contribution in [0.15, 0.2) is 53.7 Å². The van der Waals surface area contributed by atoms with E-state index in [1.54, 1.807) is 18.2 Å². The molecule has 166 valence electrons. The van der Waals surface area contributed by atoms with Crippen molar-refractivity contribution < 1.29 is 18.1 Å². The molecule has 1 aliphatic rings. The van der Waals surface area contributed by atoms with Crippen LogP contribution >= 0.6 is 0 Å². The van der Waals surface area contributed by atoms with E-state index in [1.165, 1.54) is 24.4 Å². The van der Waals surface area contributed by atoms with Gasteiger partial charge >= 0.3 is 5.69 Å². The van der Waals surface area contributed by atoms with Crippen molar-refractivity contribution in [1.82, 2.24) is 8.96 Å². The van der Waals surface area contributed by atoms with Crippen LogP contribution in [0.2, 0.25) is 0 Å². The molecule has 4 rings (SSSR count). The zero-order valence-corrected chi connectivity index (χ0v) is 17.9. The van der Waals surface area contributed by atoms with E-state index in [-0.39, 0.29) is 40.7 Å². The van der Waals surface area contributed by atoms with Gasteiger partial charge in [-0.1, -0.05) is 18.2 Å². The molecule has 0 bridgehead atoms. The van der Waals surface area contributed by atoms with E-state index >= 15 is 0 Å². The summed E-state index contributed by atoms with van der Waals surface area (Å²) in [6, 6.07) is 11.4. The molecule has 0 aliphatic heterocycles. The number of pyridine rings is 1. The van der Waals surface area contributed by atoms with Crippen LogP contribution in [0, 0.1) is 21.4 Å². The fourth-order valence-electron chi connectivity index (χ4n) is 3.98. The Hall–Kier alpha value is -3.49. The van der Waals surface area contributed by atoms with Crippen molar-refractivity contribution in [1.29, 1.82) is 5.26 Å². The predicted octanol–water partition coefficient (Wildman–Crippen LogP) is 3.44.